The van der Waals surface area contributed by atoms with E-state index in [-0.39, 0.29) is 12.3 Å². The first-order chi connectivity index (χ1) is 12.6. The number of benzene rings is 2. The molecule has 7 heteroatoms. The molecular formula is C19H17N3O4. The molecule has 0 aliphatic carbocycles. The van der Waals surface area contributed by atoms with Gasteiger partial charge in [0.2, 0.25) is 5.91 Å². The maximum absolute atomic E-state index is 12.2. The molecule has 0 unspecified atom stereocenters. The van der Waals surface area contributed by atoms with Crippen molar-refractivity contribution in [1.29, 1.82) is 0 Å². The Morgan fingerprint density at radius 3 is 2.73 bits per heavy atom. The summed E-state index contributed by atoms with van der Waals surface area (Å²) in [4.78, 5) is 24.2. The highest BCUT2D eigenvalue weighted by Crippen LogP contribution is 2.27. The average molecular weight is 351 g/mol. The zero-order chi connectivity index (χ0) is 18.5. The number of nitrogens with zero attached hydrogens (tertiary/aromatic N) is 2. The number of hydrogen-bond donors (Lipinski definition) is 2. The lowest BCUT2D eigenvalue weighted by atomic mass is 10.1. The Morgan fingerprint density at radius 1 is 1.15 bits per heavy atom. The third kappa shape index (κ3) is 3.89. The summed E-state index contributed by atoms with van der Waals surface area (Å²) in [6, 6.07) is 16.4. The number of para-hydroxylation sites is 1. The molecule has 132 valence electrons. The van der Waals surface area contributed by atoms with Crippen LogP contribution < -0.4 is 15.6 Å². The van der Waals surface area contributed by atoms with E-state index in [2.05, 4.69) is 10.4 Å². The molecule has 2 aromatic carbocycles. The molecule has 3 aromatic rings. The fraction of sp³-hybridized carbons (Fsp3) is 0.105. The van der Waals surface area contributed by atoms with Crippen LogP contribution in [0.25, 0.3) is 11.3 Å². The minimum atomic E-state index is -0.428. The first-order valence-corrected chi connectivity index (χ1v) is 7.87. The van der Waals surface area contributed by atoms with Crippen LogP contribution >= 0.6 is 0 Å². The second-order valence-corrected chi connectivity index (χ2v) is 5.51. The lowest BCUT2D eigenvalue weighted by molar-refractivity contribution is -0.117. The maximum atomic E-state index is 12.2. The van der Waals surface area contributed by atoms with Crippen molar-refractivity contribution in [1.82, 2.24) is 9.78 Å². The van der Waals surface area contributed by atoms with Gasteiger partial charge in [-0.25, -0.2) is 4.68 Å². The van der Waals surface area contributed by atoms with Crippen LogP contribution in [0.15, 0.2) is 65.5 Å². The molecule has 7 nitrogen and oxygen atoms in total. The normalized spacial score (nSPS) is 10.3. The number of carbonyl (C=O) groups excluding carboxylic acids is 1. The van der Waals surface area contributed by atoms with Gasteiger partial charge in [0.1, 0.15) is 18.0 Å². The van der Waals surface area contributed by atoms with Gasteiger partial charge in [0.05, 0.1) is 12.8 Å². The lowest BCUT2D eigenvalue weighted by Crippen LogP contribution is -2.29. The standard InChI is InChI=1S/C19H17N3O4/c1-26-17-8-3-2-7-15(17)16-9-10-19(25)22(21-16)12-18(24)20-13-5-4-6-14(23)11-13/h2-11,23H,12H2,1H3,(H,20,24). The predicted molar refractivity (Wildman–Crippen MR) is 97.2 cm³/mol. The van der Waals surface area contributed by atoms with Crippen LogP contribution in [0.1, 0.15) is 0 Å². The van der Waals surface area contributed by atoms with Gasteiger partial charge in [-0.1, -0.05) is 18.2 Å². The SMILES string of the molecule is COc1ccccc1-c1ccc(=O)n(CC(=O)Nc2cccc(O)c2)n1. The minimum absolute atomic E-state index is 0.0382. The van der Waals surface area contributed by atoms with Crippen molar-refractivity contribution >= 4 is 11.6 Å². The summed E-state index contributed by atoms with van der Waals surface area (Å²) >= 11 is 0. The van der Waals surface area contributed by atoms with Crippen molar-refractivity contribution in [3.05, 3.63) is 71.0 Å². The van der Waals surface area contributed by atoms with E-state index in [9.17, 15) is 14.7 Å². The van der Waals surface area contributed by atoms with Gasteiger partial charge in [-0.15, -0.1) is 0 Å². The molecule has 0 atom stereocenters. The number of phenols is 1. The van der Waals surface area contributed by atoms with E-state index in [0.29, 0.717) is 17.1 Å². The van der Waals surface area contributed by atoms with Crippen molar-refractivity contribution in [2.75, 3.05) is 12.4 Å². The summed E-state index contributed by atoms with van der Waals surface area (Å²) in [5.41, 5.74) is 1.28. The monoisotopic (exact) mass is 351 g/mol. The van der Waals surface area contributed by atoms with Crippen LogP contribution in [0.5, 0.6) is 11.5 Å². The summed E-state index contributed by atoms with van der Waals surface area (Å²) in [7, 11) is 1.55. The van der Waals surface area contributed by atoms with Gasteiger partial charge in [-0.05, 0) is 30.3 Å². The summed E-state index contributed by atoms with van der Waals surface area (Å²) in [5, 5.41) is 16.3. The van der Waals surface area contributed by atoms with E-state index < -0.39 is 11.5 Å². The number of anilines is 1. The highest BCUT2D eigenvalue weighted by Gasteiger charge is 2.11. The molecule has 26 heavy (non-hydrogen) atoms. The molecule has 1 heterocycles. The summed E-state index contributed by atoms with van der Waals surface area (Å²) in [5.74, 6) is 0.230. The van der Waals surface area contributed by atoms with Crippen LogP contribution in [-0.4, -0.2) is 27.9 Å². The van der Waals surface area contributed by atoms with Gasteiger partial charge in [0.15, 0.2) is 0 Å². The van der Waals surface area contributed by atoms with Gasteiger partial charge in [0.25, 0.3) is 5.56 Å². The van der Waals surface area contributed by atoms with E-state index >= 15 is 0 Å². The Balaban J connectivity index is 1.84. The van der Waals surface area contributed by atoms with Crippen molar-refractivity contribution in [3.63, 3.8) is 0 Å². The Labute approximate surface area is 149 Å². The minimum Gasteiger partial charge on any atom is -0.508 e. The smallest absolute Gasteiger partial charge is 0.267 e. The number of rotatable bonds is 5. The summed E-state index contributed by atoms with van der Waals surface area (Å²) in [6.07, 6.45) is 0. The maximum Gasteiger partial charge on any atom is 0.267 e. The number of hydrogen-bond acceptors (Lipinski definition) is 5. The van der Waals surface area contributed by atoms with E-state index in [1.807, 2.05) is 18.2 Å². The van der Waals surface area contributed by atoms with Crippen molar-refractivity contribution in [2.24, 2.45) is 0 Å². The first kappa shape index (κ1) is 17.2. The van der Waals surface area contributed by atoms with Crippen LogP contribution in [0, 0.1) is 0 Å². The molecule has 1 aromatic heterocycles. The Kier molecular flexibility index (Phi) is 4.98. The van der Waals surface area contributed by atoms with E-state index in [4.69, 9.17) is 4.74 Å². The molecule has 0 spiro atoms. The topological polar surface area (TPSA) is 93.5 Å². The van der Waals surface area contributed by atoms with Crippen LogP contribution in [0.4, 0.5) is 5.69 Å². The molecule has 0 fully saturated rings. The number of aromatic hydroxyl groups is 1. The predicted octanol–water partition coefficient (Wildman–Crippen LogP) is 2.26. The molecule has 0 aliphatic rings. The molecule has 0 aliphatic heterocycles. The molecule has 0 bridgehead atoms. The Morgan fingerprint density at radius 2 is 1.96 bits per heavy atom. The molecule has 0 radical (unpaired) electrons. The van der Waals surface area contributed by atoms with Gasteiger partial charge in [-0.3, -0.25) is 9.59 Å². The number of phenolic OH excluding ortho intramolecular Hbond substituents is 1. The number of amides is 1. The molecular weight excluding hydrogens is 334 g/mol. The number of nitrogens with one attached hydrogen (secondary N) is 1. The summed E-state index contributed by atoms with van der Waals surface area (Å²) < 4.78 is 6.39. The zero-order valence-corrected chi connectivity index (χ0v) is 14.0. The second kappa shape index (κ2) is 7.52. The molecule has 3 rings (SSSR count). The molecule has 1 amide bonds. The lowest BCUT2D eigenvalue weighted by Gasteiger charge is -2.10. The van der Waals surface area contributed by atoms with Gasteiger partial charge < -0.3 is 15.2 Å². The van der Waals surface area contributed by atoms with Crippen LogP contribution in [0.2, 0.25) is 0 Å². The highest BCUT2D eigenvalue weighted by atomic mass is 16.5. The Hall–Kier alpha value is -3.61. The van der Waals surface area contributed by atoms with Crippen molar-refractivity contribution < 1.29 is 14.6 Å². The number of aromatic nitrogens is 2. The highest BCUT2D eigenvalue weighted by molar-refractivity contribution is 5.90. The first-order valence-electron chi connectivity index (χ1n) is 7.87. The van der Waals surface area contributed by atoms with Gasteiger partial charge in [-0.2, -0.15) is 5.10 Å². The number of methoxy groups -OCH3 is 1. The quantitative estimate of drug-likeness (QED) is 0.735. The third-order valence-corrected chi connectivity index (χ3v) is 3.67. The van der Waals surface area contributed by atoms with Crippen molar-refractivity contribution in [3.8, 4) is 22.8 Å². The second-order valence-electron chi connectivity index (χ2n) is 5.51. The third-order valence-electron chi connectivity index (χ3n) is 3.67. The summed E-state index contributed by atoms with van der Waals surface area (Å²) in [6.45, 7) is -0.253. The zero-order valence-electron chi connectivity index (χ0n) is 14.0. The number of carbonyl (C=O) groups is 1. The van der Waals surface area contributed by atoms with E-state index in [1.165, 1.54) is 18.2 Å². The molecule has 2 N–H and O–H groups in total. The van der Waals surface area contributed by atoms with Crippen LogP contribution in [-0.2, 0) is 11.3 Å². The van der Waals surface area contributed by atoms with E-state index in [0.717, 1.165) is 10.2 Å². The average Bonchev–Trinajstić information content (AvgIpc) is 2.63. The van der Waals surface area contributed by atoms with Gasteiger partial charge in [0, 0.05) is 23.4 Å². The fourth-order valence-electron chi connectivity index (χ4n) is 2.48. The Bertz CT molecular complexity index is 998. The van der Waals surface area contributed by atoms with E-state index in [1.54, 1.807) is 31.4 Å². The fourth-order valence-corrected chi connectivity index (χ4v) is 2.48. The molecule has 0 saturated carbocycles. The molecule has 0 saturated heterocycles. The van der Waals surface area contributed by atoms with Gasteiger partial charge >= 0.3 is 0 Å². The number of ether oxygens (including phenoxy) is 1. The van der Waals surface area contributed by atoms with Crippen LogP contribution in [0.3, 0.4) is 0 Å². The largest absolute Gasteiger partial charge is 0.508 e. The van der Waals surface area contributed by atoms with Crippen molar-refractivity contribution in [2.45, 2.75) is 6.54 Å².